The molecule has 2 N–H and O–H groups in total. The SMILES string of the molecule is CC(C)COc1ccc(CC(C)(C)CN)cc1. The quantitative estimate of drug-likeness (QED) is 0.821. The lowest BCUT2D eigenvalue weighted by Gasteiger charge is -2.22. The zero-order valence-corrected chi connectivity index (χ0v) is 11.5. The van der Waals surface area contributed by atoms with Crippen LogP contribution in [0.25, 0.3) is 0 Å². The normalized spacial score (nSPS) is 11.9. The summed E-state index contributed by atoms with van der Waals surface area (Å²) in [5, 5.41) is 0. The first kappa shape index (κ1) is 14.0. The Morgan fingerprint density at radius 2 is 1.76 bits per heavy atom. The van der Waals surface area contributed by atoms with Gasteiger partial charge in [-0.25, -0.2) is 0 Å². The van der Waals surface area contributed by atoms with Crippen LogP contribution < -0.4 is 10.5 Å². The Labute approximate surface area is 105 Å². The highest BCUT2D eigenvalue weighted by Crippen LogP contribution is 2.22. The summed E-state index contributed by atoms with van der Waals surface area (Å²) in [6.45, 7) is 10.2. The van der Waals surface area contributed by atoms with Crippen LogP contribution in [0.15, 0.2) is 24.3 Å². The summed E-state index contributed by atoms with van der Waals surface area (Å²) in [5.74, 6) is 1.51. The van der Waals surface area contributed by atoms with Crippen LogP contribution >= 0.6 is 0 Å². The number of benzene rings is 1. The number of hydrogen-bond donors (Lipinski definition) is 1. The zero-order valence-electron chi connectivity index (χ0n) is 11.5. The molecule has 17 heavy (non-hydrogen) atoms. The van der Waals surface area contributed by atoms with Crippen molar-refractivity contribution in [2.75, 3.05) is 13.2 Å². The molecule has 1 rings (SSSR count). The standard InChI is InChI=1S/C15H25NO/c1-12(2)10-17-14-7-5-13(6-8-14)9-15(3,4)11-16/h5-8,12H,9-11,16H2,1-4H3. The van der Waals surface area contributed by atoms with E-state index in [1.165, 1.54) is 5.56 Å². The minimum Gasteiger partial charge on any atom is -0.493 e. The van der Waals surface area contributed by atoms with Gasteiger partial charge in [0.05, 0.1) is 6.61 Å². The average molecular weight is 235 g/mol. The van der Waals surface area contributed by atoms with E-state index in [-0.39, 0.29) is 5.41 Å². The van der Waals surface area contributed by atoms with E-state index in [0.29, 0.717) is 12.5 Å². The fourth-order valence-corrected chi connectivity index (χ4v) is 1.59. The number of hydrogen-bond acceptors (Lipinski definition) is 2. The minimum absolute atomic E-state index is 0.167. The van der Waals surface area contributed by atoms with Gasteiger partial charge in [0.25, 0.3) is 0 Å². The molecule has 0 saturated carbocycles. The van der Waals surface area contributed by atoms with Crippen LogP contribution in [0.3, 0.4) is 0 Å². The summed E-state index contributed by atoms with van der Waals surface area (Å²) in [4.78, 5) is 0. The van der Waals surface area contributed by atoms with E-state index in [0.717, 1.165) is 18.8 Å². The first-order chi connectivity index (χ1) is 7.93. The van der Waals surface area contributed by atoms with Gasteiger partial charge in [0, 0.05) is 0 Å². The molecule has 0 fully saturated rings. The third-order valence-corrected chi connectivity index (χ3v) is 2.74. The van der Waals surface area contributed by atoms with Gasteiger partial charge < -0.3 is 10.5 Å². The predicted octanol–water partition coefficient (Wildman–Crippen LogP) is 3.25. The van der Waals surface area contributed by atoms with Crippen LogP contribution in [0.2, 0.25) is 0 Å². The van der Waals surface area contributed by atoms with Gasteiger partial charge in [-0.3, -0.25) is 0 Å². The molecule has 1 aromatic carbocycles. The molecule has 0 aliphatic carbocycles. The second kappa shape index (κ2) is 6.06. The summed E-state index contributed by atoms with van der Waals surface area (Å²) in [5.41, 5.74) is 7.22. The third kappa shape index (κ3) is 5.22. The highest BCUT2D eigenvalue weighted by Gasteiger charge is 2.15. The third-order valence-electron chi connectivity index (χ3n) is 2.74. The van der Waals surface area contributed by atoms with Crippen molar-refractivity contribution in [1.29, 1.82) is 0 Å². The Bertz CT molecular complexity index is 327. The Balaban J connectivity index is 2.56. The van der Waals surface area contributed by atoms with Crippen LogP contribution in [0.1, 0.15) is 33.3 Å². The zero-order chi connectivity index (χ0) is 12.9. The van der Waals surface area contributed by atoms with Crippen LogP contribution in [-0.2, 0) is 6.42 Å². The maximum Gasteiger partial charge on any atom is 0.119 e. The summed E-state index contributed by atoms with van der Waals surface area (Å²) in [6, 6.07) is 8.36. The first-order valence-electron chi connectivity index (χ1n) is 6.35. The van der Waals surface area contributed by atoms with Crippen molar-refractivity contribution < 1.29 is 4.74 Å². The number of nitrogens with two attached hydrogens (primary N) is 1. The van der Waals surface area contributed by atoms with Gasteiger partial charge in [0.2, 0.25) is 0 Å². The Morgan fingerprint density at radius 1 is 1.18 bits per heavy atom. The molecule has 0 unspecified atom stereocenters. The topological polar surface area (TPSA) is 35.2 Å². The molecule has 0 radical (unpaired) electrons. The van der Waals surface area contributed by atoms with Crippen molar-refractivity contribution in [3.8, 4) is 5.75 Å². The van der Waals surface area contributed by atoms with Crippen molar-refractivity contribution in [2.24, 2.45) is 17.1 Å². The van der Waals surface area contributed by atoms with Crippen LogP contribution in [0.4, 0.5) is 0 Å². The Kier molecular flexibility index (Phi) is 5.01. The molecule has 0 aliphatic rings. The van der Waals surface area contributed by atoms with E-state index in [1.54, 1.807) is 0 Å². The molecule has 0 spiro atoms. The van der Waals surface area contributed by atoms with E-state index in [4.69, 9.17) is 10.5 Å². The predicted molar refractivity (Wildman–Crippen MR) is 73.3 cm³/mol. The fraction of sp³-hybridized carbons (Fsp3) is 0.600. The van der Waals surface area contributed by atoms with E-state index < -0.39 is 0 Å². The number of rotatable bonds is 6. The Hall–Kier alpha value is -1.02. The fourth-order valence-electron chi connectivity index (χ4n) is 1.59. The van der Waals surface area contributed by atoms with Gasteiger partial charge in [0.15, 0.2) is 0 Å². The van der Waals surface area contributed by atoms with Gasteiger partial charge >= 0.3 is 0 Å². The smallest absolute Gasteiger partial charge is 0.119 e. The molecule has 2 nitrogen and oxygen atoms in total. The van der Waals surface area contributed by atoms with Crippen LogP contribution in [-0.4, -0.2) is 13.2 Å². The van der Waals surface area contributed by atoms with Gasteiger partial charge in [-0.2, -0.15) is 0 Å². The molecule has 0 aliphatic heterocycles. The number of ether oxygens (including phenoxy) is 1. The first-order valence-corrected chi connectivity index (χ1v) is 6.35. The maximum atomic E-state index is 5.74. The largest absolute Gasteiger partial charge is 0.493 e. The second-order valence-corrected chi connectivity index (χ2v) is 5.89. The van der Waals surface area contributed by atoms with E-state index in [9.17, 15) is 0 Å². The lowest BCUT2D eigenvalue weighted by Crippen LogP contribution is -2.25. The summed E-state index contributed by atoms with van der Waals surface area (Å²) < 4.78 is 5.65. The molecule has 0 heterocycles. The van der Waals surface area contributed by atoms with E-state index in [2.05, 4.69) is 39.8 Å². The van der Waals surface area contributed by atoms with Crippen molar-refractivity contribution in [3.05, 3.63) is 29.8 Å². The molecule has 0 amide bonds. The van der Waals surface area contributed by atoms with E-state index >= 15 is 0 Å². The lowest BCUT2D eigenvalue weighted by molar-refractivity contribution is 0.271. The van der Waals surface area contributed by atoms with Crippen molar-refractivity contribution >= 4 is 0 Å². The van der Waals surface area contributed by atoms with Gasteiger partial charge in [-0.15, -0.1) is 0 Å². The molecule has 0 bridgehead atoms. The van der Waals surface area contributed by atoms with Crippen LogP contribution in [0, 0.1) is 11.3 Å². The van der Waals surface area contributed by atoms with Gasteiger partial charge in [-0.05, 0) is 42.0 Å². The Morgan fingerprint density at radius 3 is 2.24 bits per heavy atom. The van der Waals surface area contributed by atoms with Gasteiger partial charge in [0.1, 0.15) is 5.75 Å². The van der Waals surface area contributed by atoms with Gasteiger partial charge in [-0.1, -0.05) is 39.8 Å². The molecule has 2 heteroatoms. The summed E-state index contributed by atoms with van der Waals surface area (Å²) in [7, 11) is 0. The lowest BCUT2D eigenvalue weighted by atomic mass is 9.86. The maximum absolute atomic E-state index is 5.74. The molecule has 0 saturated heterocycles. The monoisotopic (exact) mass is 235 g/mol. The molecule has 1 aromatic rings. The molecule has 0 atom stereocenters. The van der Waals surface area contributed by atoms with Crippen molar-refractivity contribution in [2.45, 2.75) is 34.1 Å². The van der Waals surface area contributed by atoms with Crippen molar-refractivity contribution in [1.82, 2.24) is 0 Å². The minimum atomic E-state index is 0.167. The van der Waals surface area contributed by atoms with Crippen LogP contribution in [0.5, 0.6) is 5.75 Å². The summed E-state index contributed by atoms with van der Waals surface area (Å²) in [6.07, 6.45) is 1.01. The molecule has 96 valence electrons. The molecule has 0 aromatic heterocycles. The highest BCUT2D eigenvalue weighted by atomic mass is 16.5. The van der Waals surface area contributed by atoms with Crippen molar-refractivity contribution in [3.63, 3.8) is 0 Å². The average Bonchev–Trinajstić information content (AvgIpc) is 2.28. The molecular weight excluding hydrogens is 210 g/mol. The highest BCUT2D eigenvalue weighted by molar-refractivity contribution is 5.27. The van der Waals surface area contributed by atoms with E-state index in [1.807, 2.05) is 12.1 Å². The summed E-state index contributed by atoms with van der Waals surface area (Å²) >= 11 is 0. The second-order valence-electron chi connectivity index (χ2n) is 5.89. The molecular formula is C15H25NO.